The molecule has 1 N–H and O–H groups in total. The van der Waals surface area contributed by atoms with Crippen LogP contribution in [0.1, 0.15) is 48.0 Å². The standard InChI is InChI=1S/C18H21N3O4S/c1-3-7-14(17(24)13-8-5-4-6-9-13)25-16(23)11-10-15(22)19-18-21-20-12(2)26-18/h4-6,8-9,14H,3,7,10-11H2,1-2H3,(H,19,21,22)/t14-/m1/s1. The van der Waals surface area contributed by atoms with Crippen LogP contribution in [0.15, 0.2) is 30.3 Å². The molecule has 0 fully saturated rings. The van der Waals surface area contributed by atoms with Crippen molar-refractivity contribution < 1.29 is 19.1 Å². The zero-order chi connectivity index (χ0) is 18.9. The van der Waals surface area contributed by atoms with Crippen LogP contribution in [0.3, 0.4) is 0 Å². The molecule has 0 saturated heterocycles. The van der Waals surface area contributed by atoms with Crippen molar-refractivity contribution in [3.63, 3.8) is 0 Å². The molecule has 26 heavy (non-hydrogen) atoms. The highest BCUT2D eigenvalue weighted by molar-refractivity contribution is 7.15. The zero-order valence-electron chi connectivity index (χ0n) is 14.7. The number of amides is 1. The number of anilines is 1. The van der Waals surface area contributed by atoms with E-state index in [1.165, 1.54) is 11.3 Å². The number of aryl methyl sites for hydroxylation is 1. The van der Waals surface area contributed by atoms with Gasteiger partial charge in [-0.1, -0.05) is 55.0 Å². The predicted molar refractivity (Wildman–Crippen MR) is 98.1 cm³/mol. The highest BCUT2D eigenvalue weighted by Crippen LogP contribution is 2.15. The highest BCUT2D eigenvalue weighted by Gasteiger charge is 2.23. The number of benzene rings is 1. The maximum absolute atomic E-state index is 12.5. The fourth-order valence-electron chi connectivity index (χ4n) is 2.26. The first-order valence-electron chi connectivity index (χ1n) is 8.38. The number of aromatic nitrogens is 2. The summed E-state index contributed by atoms with van der Waals surface area (Å²) in [6.45, 7) is 3.69. The number of carbonyl (C=O) groups is 3. The van der Waals surface area contributed by atoms with Crippen molar-refractivity contribution in [2.45, 2.75) is 45.6 Å². The van der Waals surface area contributed by atoms with Gasteiger partial charge < -0.3 is 10.1 Å². The highest BCUT2D eigenvalue weighted by atomic mass is 32.1. The Hall–Kier alpha value is -2.61. The van der Waals surface area contributed by atoms with Gasteiger partial charge in [-0.15, -0.1) is 10.2 Å². The number of Topliss-reactive ketones (excluding diaryl/α,β-unsaturated/α-hetero) is 1. The van der Waals surface area contributed by atoms with Crippen LogP contribution >= 0.6 is 11.3 Å². The Morgan fingerprint density at radius 1 is 1.15 bits per heavy atom. The third kappa shape index (κ3) is 6.03. The lowest BCUT2D eigenvalue weighted by Gasteiger charge is -2.16. The Labute approximate surface area is 155 Å². The lowest BCUT2D eigenvalue weighted by atomic mass is 10.0. The summed E-state index contributed by atoms with van der Waals surface area (Å²) in [4.78, 5) is 36.4. The summed E-state index contributed by atoms with van der Waals surface area (Å²) in [7, 11) is 0. The molecule has 0 unspecified atom stereocenters. The Morgan fingerprint density at radius 3 is 2.50 bits per heavy atom. The van der Waals surface area contributed by atoms with Crippen LogP contribution in [0.2, 0.25) is 0 Å². The van der Waals surface area contributed by atoms with Gasteiger partial charge in [0.05, 0.1) is 6.42 Å². The average molecular weight is 375 g/mol. The number of ether oxygens (including phenoxy) is 1. The number of nitrogens with zero attached hydrogens (tertiary/aromatic N) is 2. The molecule has 2 rings (SSSR count). The first-order chi connectivity index (χ1) is 12.5. The maximum Gasteiger partial charge on any atom is 0.307 e. The molecule has 0 radical (unpaired) electrons. The first-order valence-corrected chi connectivity index (χ1v) is 9.20. The van der Waals surface area contributed by atoms with E-state index < -0.39 is 12.1 Å². The molecule has 8 heteroatoms. The summed E-state index contributed by atoms with van der Waals surface area (Å²) in [5.41, 5.74) is 0.503. The molecule has 1 heterocycles. The third-order valence-corrected chi connectivity index (χ3v) is 4.26. The van der Waals surface area contributed by atoms with Gasteiger partial charge in [0.1, 0.15) is 5.01 Å². The van der Waals surface area contributed by atoms with E-state index >= 15 is 0 Å². The second-order valence-electron chi connectivity index (χ2n) is 5.67. The topological polar surface area (TPSA) is 98.2 Å². The molecule has 0 aliphatic carbocycles. The molecular weight excluding hydrogens is 354 g/mol. The van der Waals surface area contributed by atoms with Gasteiger partial charge in [0, 0.05) is 12.0 Å². The Bertz CT molecular complexity index is 761. The summed E-state index contributed by atoms with van der Waals surface area (Å²) in [6.07, 6.45) is 0.161. The van der Waals surface area contributed by atoms with Crippen LogP contribution in [0.4, 0.5) is 5.13 Å². The zero-order valence-corrected chi connectivity index (χ0v) is 15.5. The number of carbonyl (C=O) groups excluding carboxylic acids is 3. The van der Waals surface area contributed by atoms with E-state index in [9.17, 15) is 14.4 Å². The van der Waals surface area contributed by atoms with Crippen molar-refractivity contribution in [3.05, 3.63) is 40.9 Å². The number of hydrogen-bond donors (Lipinski definition) is 1. The van der Waals surface area contributed by atoms with E-state index in [0.717, 1.165) is 5.01 Å². The molecule has 138 valence electrons. The van der Waals surface area contributed by atoms with Gasteiger partial charge in [-0.3, -0.25) is 14.4 Å². The first kappa shape index (κ1) is 19.7. The minimum atomic E-state index is -0.830. The van der Waals surface area contributed by atoms with Gasteiger partial charge in [0.25, 0.3) is 0 Å². The number of nitrogens with one attached hydrogen (secondary N) is 1. The Kier molecular flexibility index (Phi) is 7.40. The quantitative estimate of drug-likeness (QED) is 0.534. The van der Waals surface area contributed by atoms with Gasteiger partial charge in [0.2, 0.25) is 16.8 Å². The van der Waals surface area contributed by atoms with Crippen LogP contribution in [0.5, 0.6) is 0 Å². The molecule has 1 aromatic heterocycles. The Morgan fingerprint density at radius 2 is 1.88 bits per heavy atom. The molecule has 0 saturated carbocycles. The lowest BCUT2D eigenvalue weighted by molar-refractivity contribution is -0.148. The van der Waals surface area contributed by atoms with Crippen molar-refractivity contribution in [3.8, 4) is 0 Å². The normalized spacial score (nSPS) is 11.6. The largest absolute Gasteiger partial charge is 0.454 e. The predicted octanol–water partition coefficient (Wildman–Crippen LogP) is 3.16. The molecule has 1 atom stereocenters. The number of rotatable bonds is 9. The van der Waals surface area contributed by atoms with Gasteiger partial charge in [0.15, 0.2) is 6.10 Å². The van der Waals surface area contributed by atoms with Crippen LogP contribution < -0.4 is 5.32 Å². The van der Waals surface area contributed by atoms with Gasteiger partial charge in [-0.25, -0.2) is 0 Å². The minimum absolute atomic E-state index is 0.0458. The number of ketones is 1. The van der Waals surface area contributed by atoms with Crippen molar-refractivity contribution in [2.24, 2.45) is 0 Å². The molecule has 0 aliphatic rings. The molecular formula is C18H21N3O4S. The lowest BCUT2D eigenvalue weighted by Crippen LogP contribution is -2.28. The van der Waals surface area contributed by atoms with Gasteiger partial charge >= 0.3 is 5.97 Å². The van der Waals surface area contributed by atoms with Crippen LogP contribution in [0.25, 0.3) is 0 Å². The van der Waals surface area contributed by atoms with Gasteiger partial charge in [-0.05, 0) is 13.3 Å². The molecule has 0 bridgehead atoms. The fraction of sp³-hybridized carbons (Fsp3) is 0.389. The van der Waals surface area contributed by atoms with E-state index in [4.69, 9.17) is 4.74 Å². The molecule has 7 nitrogen and oxygen atoms in total. The fourth-order valence-corrected chi connectivity index (χ4v) is 2.86. The minimum Gasteiger partial charge on any atom is -0.454 e. The summed E-state index contributed by atoms with van der Waals surface area (Å²) < 4.78 is 5.32. The van der Waals surface area contributed by atoms with E-state index in [1.807, 2.05) is 13.0 Å². The monoisotopic (exact) mass is 375 g/mol. The molecule has 0 spiro atoms. The van der Waals surface area contributed by atoms with E-state index in [0.29, 0.717) is 23.5 Å². The third-order valence-electron chi connectivity index (χ3n) is 3.50. The van der Waals surface area contributed by atoms with Crippen molar-refractivity contribution in [1.82, 2.24) is 10.2 Å². The number of esters is 1. The van der Waals surface area contributed by atoms with Crippen molar-refractivity contribution in [2.75, 3.05) is 5.32 Å². The molecule has 1 amide bonds. The SMILES string of the molecule is CCC[C@@H](OC(=O)CCC(=O)Nc1nnc(C)s1)C(=O)c1ccccc1. The molecule has 2 aromatic rings. The van der Waals surface area contributed by atoms with Gasteiger partial charge in [-0.2, -0.15) is 0 Å². The van der Waals surface area contributed by atoms with Crippen molar-refractivity contribution in [1.29, 1.82) is 0 Å². The van der Waals surface area contributed by atoms with E-state index in [2.05, 4.69) is 15.5 Å². The average Bonchev–Trinajstić information content (AvgIpc) is 3.04. The van der Waals surface area contributed by atoms with E-state index in [1.54, 1.807) is 31.2 Å². The maximum atomic E-state index is 12.5. The Balaban J connectivity index is 1.85. The van der Waals surface area contributed by atoms with Crippen molar-refractivity contribution >= 4 is 34.1 Å². The van der Waals surface area contributed by atoms with Crippen LogP contribution in [-0.4, -0.2) is 34.0 Å². The van der Waals surface area contributed by atoms with E-state index in [-0.39, 0.29) is 24.5 Å². The molecule has 1 aromatic carbocycles. The summed E-state index contributed by atoms with van der Waals surface area (Å²) in [6, 6.07) is 8.72. The summed E-state index contributed by atoms with van der Waals surface area (Å²) in [5.74, 6) is -1.15. The smallest absolute Gasteiger partial charge is 0.307 e. The van der Waals surface area contributed by atoms with Crippen LogP contribution in [0, 0.1) is 6.92 Å². The summed E-state index contributed by atoms with van der Waals surface area (Å²) in [5, 5.41) is 11.3. The second-order valence-corrected chi connectivity index (χ2v) is 6.85. The molecule has 0 aliphatic heterocycles. The second kappa shape index (κ2) is 9.76. The summed E-state index contributed by atoms with van der Waals surface area (Å²) >= 11 is 1.25. The number of hydrogen-bond acceptors (Lipinski definition) is 7. The van der Waals surface area contributed by atoms with Crippen LogP contribution in [-0.2, 0) is 14.3 Å².